The lowest BCUT2D eigenvalue weighted by Crippen LogP contribution is -3.14. The summed E-state index contributed by atoms with van der Waals surface area (Å²) in [4.78, 5) is 14.5. The smallest absolute Gasteiger partial charge is 0.283 e. The van der Waals surface area contributed by atoms with Gasteiger partial charge in [-0.05, 0) is 39.0 Å². The maximum absolute atomic E-state index is 13.1. The SMILES string of the molecule is Cc1ccc(C(C(=O)NC2CCCCC2)[NH+]2CCCCC2)cc1. The third-order valence-electron chi connectivity index (χ3n) is 5.53. The number of piperidine rings is 1. The maximum Gasteiger partial charge on any atom is 0.283 e. The van der Waals surface area contributed by atoms with Crippen LogP contribution in [-0.2, 0) is 4.79 Å². The quantitative estimate of drug-likeness (QED) is 0.880. The predicted molar refractivity (Wildman–Crippen MR) is 93.5 cm³/mol. The molecular weight excluding hydrogens is 284 g/mol. The van der Waals surface area contributed by atoms with Gasteiger partial charge in [0.1, 0.15) is 0 Å². The van der Waals surface area contributed by atoms with Crippen molar-refractivity contribution < 1.29 is 9.69 Å². The van der Waals surface area contributed by atoms with Gasteiger partial charge in [0, 0.05) is 11.6 Å². The molecule has 2 aliphatic rings. The Morgan fingerprint density at radius 1 is 1.00 bits per heavy atom. The maximum atomic E-state index is 13.1. The predicted octanol–water partition coefficient (Wildman–Crippen LogP) is 2.55. The van der Waals surface area contributed by atoms with Gasteiger partial charge >= 0.3 is 0 Å². The van der Waals surface area contributed by atoms with Crippen LogP contribution in [0.5, 0.6) is 0 Å². The average molecular weight is 315 g/mol. The first-order chi connectivity index (χ1) is 11.2. The largest absolute Gasteiger partial charge is 0.348 e. The number of aryl methyl sites for hydroxylation is 1. The summed E-state index contributed by atoms with van der Waals surface area (Å²) >= 11 is 0. The molecule has 126 valence electrons. The molecule has 1 amide bonds. The number of nitrogens with one attached hydrogen (secondary N) is 2. The number of carbonyl (C=O) groups excluding carboxylic acids is 1. The lowest BCUT2D eigenvalue weighted by atomic mass is 9.94. The van der Waals surface area contributed by atoms with Crippen molar-refractivity contribution in [2.75, 3.05) is 13.1 Å². The minimum absolute atomic E-state index is 0.0298. The van der Waals surface area contributed by atoms with Crippen molar-refractivity contribution in [2.24, 2.45) is 0 Å². The van der Waals surface area contributed by atoms with Crippen molar-refractivity contribution in [3.8, 4) is 0 Å². The molecule has 3 heteroatoms. The van der Waals surface area contributed by atoms with Gasteiger partial charge in [0.2, 0.25) is 0 Å². The molecule has 1 heterocycles. The van der Waals surface area contributed by atoms with Crippen molar-refractivity contribution in [1.82, 2.24) is 5.32 Å². The van der Waals surface area contributed by atoms with E-state index in [1.54, 1.807) is 0 Å². The van der Waals surface area contributed by atoms with E-state index in [0.29, 0.717) is 6.04 Å². The highest BCUT2D eigenvalue weighted by Gasteiger charge is 2.33. The first-order valence-corrected chi connectivity index (χ1v) is 9.45. The monoisotopic (exact) mass is 315 g/mol. The molecule has 1 aliphatic carbocycles. The van der Waals surface area contributed by atoms with Crippen LogP contribution < -0.4 is 10.2 Å². The van der Waals surface area contributed by atoms with Gasteiger partial charge in [-0.2, -0.15) is 0 Å². The van der Waals surface area contributed by atoms with Gasteiger partial charge in [-0.1, -0.05) is 49.1 Å². The highest BCUT2D eigenvalue weighted by molar-refractivity contribution is 5.82. The van der Waals surface area contributed by atoms with Gasteiger partial charge < -0.3 is 10.2 Å². The number of amides is 1. The molecule has 1 aliphatic heterocycles. The Balaban J connectivity index is 1.75. The van der Waals surface area contributed by atoms with Gasteiger partial charge in [-0.25, -0.2) is 0 Å². The summed E-state index contributed by atoms with van der Waals surface area (Å²) < 4.78 is 0. The van der Waals surface area contributed by atoms with Gasteiger partial charge in [0.05, 0.1) is 13.1 Å². The fraction of sp³-hybridized carbons (Fsp3) is 0.650. The molecule has 1 saturated heterocycles. The van der Waals surface area contributed by atoms with Crippen LogP contribution >= 0.6 is 0 Å². The number of quaternary nitrogens is 1. The first-order valence-electron chi connectivity index (χ1n) is 9.45. The standard InChI is InChI=1S/C20H30N2O/c1-16-10-12-17(13-11-16)19(22-14-6-3-7-15-22)20(23)21-18-8-4-2-5-9-18/h10-13,18-19H,2-9,14-15H2,1H3,(H,21,23)/p+1. The third kappa shape index (κ3) is 4.35. The Morgan fingerprint density at radius 2 is 1.61 bits per heavy atom. The molecule has 0 bridgehead atoms. The summed E-state index contributed by atoms with van der Waals surface area (Å²) in [5.41, 5.74) is 2.44. The number of likely N-dealkylation sites (tertiary alicyclic amines) is 1. The van der Waals surface area contributed by atoms with Gasteiger partial charge in [-0.15, -0.1) is 0 Å². The van der Waals surface area contributed by atoms with Crippen molar-refractivity contribution in [3.63, 3.8) is 0 Å². The molecule has 1 unspecified atom stereocenters. The first kappa shape index (κ1) is 16.5. The Kier molecular flexibility index (Phi) is 5.71. The van der Waals surface area contributed by atoms with Crippen LogP contribution in [0.15, 0.2) is 24.3 Å². The molecule has 1 atom stereocenters. The zero-order chi connectivity index (χ0) is 16.1. The normalized spacial score (nSPS) is 21.8. The summed E-state index contributed by atoms with van der Waals surface area (Å²) in [6.07, 6.45) is 9.96. The second kappa shape index (κ2) is 7.96. The van der Waals surface area contributed by atoms with Crippen LogP contribution in [0.2, 0.25) is 0 Å². The van der Waals surface area contributed by atoms with Gasteiger partial charge in [0.25, 0.3) is 5.91 Å². The molecule has 0 aromatic heterocycles. The van der Waals surface area contributed by atoms with E-state index in [-0.39, 0.29) is 11.9 Å². The Labute approximate surface area is 140 Å². The number of benzene rings is 1. The molecule has 0 radical (unpaired) electrons. The second-order valence-corrected chi connectivity index (χ2v) is 7.41. The summed E-state index contributed by atoms with van der Waals surface area (Å²) in [5, 5.41) is 3.37. The highest BCUT2D eigenvalue weighted by atomic mass is 16.2. The molecule has 3 nitrogen and oxygen atoms in total. The van der Waals surface area contributed by atoms with E-state index >= 15 is 0 Å². The van der Waals surface area contributed by atoms with E-state index in [1.165, 1.54) is 54.6 Å². The average Bonchev–Trinajstić information content (AvgIpc) is 2.59. The highest BCUT2D eigenvalue weighted by Crippen LogP contribution is 2.19. The number of rotatable bonds is 4. The van der Waals surface area contributed by atoms with Gasteiger partial charge in [0.15, 0.2) is 6.04 Å². The Bertz CT molecular complexity index is 499. The van der Waals surface area contributed by atoms with E-state index in [9.17, 15) is 4.79 Å². The third-order valence-corrected chi connectivity index (χ3v) is 5.53. The van der Waals surface area contributed by atoms with Crippen LogP contribution in [0.25, 0.3) is 0 Å². The molecule has 1 aromatic carbocycles. The molecule has 0 spiro atoms. The summed E-state index contributed by atoms with van der Waals surface area (Å²) in [6.45, 7) is 4.35. The molecule has 3 rings (SSSR count). The van der Waals surface area contributed by atoms with Crippen molar-refractivity contribution >= 4 is 5.91 Å². The number of carbonyl (C=O) groups is 1. The zero-order valence-corrected chi connectivity index (χ0v) is 14.4. The van der Waals surface area contributed by atoms with Crippen LogP contribution in [0.3, 0.4) is 0 Å². The summed E-state index contributed by atoms with van der Waals surface area (Å²) in [7, 11) is 0. The van der Waals surface area contributed by atoms with Crippen molar-refractivity contribution in [2.45, 2.75) is 70.4 Å². The fourth-order valence-corrected chi connectivity index (χ4v) is 4.16. The number of hydrogen-bond donors (Lipinski definition) is 2. The van der Waals surface area contributed by atoms with E-state index in [2.05, 4.69) is 36.5 Å². The van der Waals surface area contributed by atoms with Crippen LogP contribution in [0, 0.1) is 6.92 Å². The van der Waals surface area contributed by atoms with Gasteiger partial charge in [-0.3, -0.25) is 4.79 Å². The van der Waals surface area contributed by atoms with Crippen LogP contribution in [0.1, 0.15) is 68.5 Å². The van der Waals surface area contributed by atoms with Crippen LogP contribution in [-0.4, -0.2) is 25.0 Å². The van der Waals surface area contributed by atoms with E-state index < -0.39 is 0 Å². The summed E-state index contributed by atoms with van der Waals surface area (Å²) in [5.74, 6) is 0.248. The minimum Gasteiger partial charge on any atom is -0.348 e. The molecule has 2 N–H and O–H groups in total. The van der Waals surface area contributed by atoms with E-state index in [0.717, 1.165) is 25.9 Å². The second-order valence-electron chi connectivity index (χ2n) is 7.41. The molecule has 2 fully saturated rings. The van der Waals surface area contributed by atoms with Crippen molar-refractivity contribution in [3.05, 3.63) is 35.4 Å². The van der Waals surface area contributed by atoms with Crippen LogP contribution in [0.4, 0.5) is 0 Å². The topological polar surface area (TPSA) is 33.5 Å². The van der Waals surface area contributed by atoms with E-state index in [1.807, 2.05) is 0 Å². The molecule has 23 heavy (non-hydrogen) atoms. The lowest BCUT2D eigenvalue weighted by Gasteiger charge is -2.32. The fourth-order valence-electron chi connectivity index (χ4n) is 4.16. The summed E-state index contributed by atoms with van der Waals surface area (Å²) in [6, 6.07) is 8.95. The lowest BCUT2D eigenvalue weighted by molar-refractivity contribution is -0.926. The Hall–Kier alpha value is -1.35. The molecule has 1 aromatic rings. The van der Waals surface area contributed by atoms with Crippen molar-refractivity contribution in [1.29, 1.82) is 0 Å². The van der Waals surface area contributed by atoms with E-state index in [4.69, 9.17) is 0 Å². The Morgan fingerprint density at radius 3 is 2.26 bits per heavy atom. The minimum atomic E-state index is -0.0298. The molecular formula is C20H31N2O+. The number of hydrogen-bond acceptors (Lipinski definition) is 1. The molecule has 1 saturated carbocycles. The zero-order valence-electron chi connectivity index (χ0n) is 14.4.